The summed E-state index contributed by atoms with van der Waals surface area (Å²) in [7, 11) is 1.68. The van der Waals surface area contributed by atoms with E-state index in [1.165, 1.54) is 5.69 Å². The number of methoxy groups -OCH3 is 1. The van der Waals surface area contributed by atoms with E-state index in [1.54, 1.807) is 7.11 Å². The normalized spacial score (nSPS) is 16.1. The summed E-state index contributed by atoms with van der Waals surface area (Å²) in [5.41, 5.74) is 3.18. The van der Waals surface area contributed by atoms with Crippen molar-refractivity contribution in [3.63, 3.8) is 0 Å². The molecule has 28 heavy (non-hydrogen) atoms. The minimum absolute atomic E-state index is 0.277. The van der Waals surface area contributed by atoms with Gasteiger partial charge in [-0.2, -0.15) is 0 Å². The third-order valence-corrected chi connectivity index (χ3v) is 5.73. The lowest BCUT2D eigenvalue weighted by Gasteiger charge is -2.36. The molecule has 0 radical (unpaired) electrons. The van der Waals surface area contributed by atoms with E-state index in [1.807, 2.05) is 38.1 Å². The molecule has 0 bridgehead atoms. The van der Waals surface area contributed by atoms with Crippen molar-refractivity contribution >= 4 is 17.3 Å². The highest BCUT2D eigenvalue weighted by molar-refractivity contribution is 6.32. The molecule has 2 aromatic rings. The van der Waals surface area contributed by atoms with Gasteiger partial charge in [0.2, 0.25) is 0 Å². The Labute approximate surface area is 172 Å². The van der Waals surface area contributed by atoms with Crippen LogP contribution in [0.4, 0.5) is 5.69 Å². The van der Waals surface area contributed by atoms with Gasteiger partial charge in [-0.15, -0.1) is 0 Å². The van der Waals surface area contributed by atoms with E-state index in [0.29, 0.717) is 6.54 Å². The summed E-state index contributed by atoms with van der Waals surface area (Å²) in [6.07, 6.45) is -0.524. The Balaban J connectivity index is 1.44. The van der Waals surface area contributed by atoms with Gasteiger partial charge in [-0.25, -0.2) is 0 Å². The van der Waals surface area contributed by atoms with E-state index in [4.69, 9.17) is 21.1 Å². The van der Waals surface area contributed by atoms with E-state index >= 15 is 0 Å². The molecule has 5 nitrogen and oxygen atoms in total. The molecule has 1 unspecified atom stereocenters. The van der Waals surface area contributed by atoms with Crippen molar-refractivity contribution in [2.45, 2.75) is 20.0 Å². The average Bonchev–Trinajstić information content (AvgIpc) is 2.71. The van der Waals surface area contributed by atoms with Gasteiger partial charge in [0.15, 0.2) is 0 Å². The summed E-state index contributed by atoms with van der Waals surface area (Å²) in [6.45, 7) is 8.53. The molecule has 152 valence electrons. The molecule has 0 aromatic heterocycles. The number of nitrogens with zero attached hydrogens (tertiary/aromatic N) is 2. The number of aryl methyl sites for hydroxylation is 2. The van der Waals surface area contributed by atoms with Gasteiger partial charge in [0.1, 0.15) is 24.2 Å². The van der Waals surface area contributed by atoms with Gasteiger partial charge < -0.3 is 19.5 Å². The van der Waals surface area contributed by atoms with Crippen molar-refractivity contribution in [1.82, 2.24) is 4.90 Å². The van der Waals surface area contributed by atoms with Gasteiger partial charge in [-0.3, -0.25) is 4.90 Å². The van der Waals surface area contributed by atoms with Crippen molar-refractivity contribution < 1.29 is 14.6 Å². The highest BCUT2D eigenvalue weighted by Gasteiger charge is 2.20. The molecule has 1 heterocycles. The molecule has 1 saturated heterocycles. The molecule has 1 N–H and O–H groups in total. The second-order valence-electron chi connectivity index (χ2n) is 7.32. The van der Waals surface area contributed by atoms with E-state index in [0.717, 1.165) is 53.8 Å². The third-order valence-electron chi connectivity index (χ3n) is 5.13. The molecule has 1 aliphatic rings. The zero-order valence-electron chi connectivity index (χ0n) is 16.8. The molecule has 1 fully saturated rings. The van der Waals surface area contributed by atoms with Crippen LogP contribution in [0.1, 0.15) is 11.1 Å². The summed E-state index contributed by atoms with van der Waals surface area (Å²) in [6, 6.07) is 12.0. The van der Waals surface area contributed by atoms with E-state index in [9.17, 15) is 5.11 Å². The van der Waals surface area contributed by atoms with Crippen LogP contribution in [0.25, 0.3) is 0 Å². The van der Waals surface area contributed by atoms with Gasteiger partial charge in [0.05, 0.1) is 7.11 Å². The van der Waals surface area contributed by atoms with Crippen LogP contribution in [-0.4, -0.2) is 62.6 Å². The molecule has 1 aliphatic heterocycles. The first-order chi connectivity index (χ1) is 13.5. The van der Waals surface area contributed by atoms with Crippen LogP contribution >= 0.6 is 11.6 Å². The first-order valence-corrected chi connectivity index (χ1v) is 10.0. The zero-order valence-corrected chi connectivity index (χ0v) is 17.6. The van der Waals surface area contributed by atoms with Crippen LogP contribution in [0.15, 0.2) is 36.4 Å². The summed E-state index contributed by atoms with van der Waals surface area (Å²) >= 11 is 6.19. The van der Waals surface area contributed by atoms with Gasteiger partial charge in [0.25, 0.3) is 0 Å². The van der Waals surface area contributed by atoms with E-state index in [2.05, 4.69) is 21.9 Å². The number of hydrogen-bond donors (Lipinski definition) is 1. The molecular weight excluding hydrogens is 376 g/mol. The number of aliphatic hydroxyl groups is 1. The first kappa shape index (κ1) is 20.8. The SMILES string of the molecule is COc1ccc(N2CCN(CC(O)COc3cc(C)c(Cl)c(C)c3)CC2)cc1. The van der Waals surface area contributed by atoms with Gasteiger partial charge in [-0.05, 0) is 61.4 Å². The maximum absolute atomic E-state index is 10.4. The molecule has 6 heteroatoms. The van der Waals surface area contributed by atoms with Crippen LogP contribution in [0.2, 0.25) is 5.02 Å². The summed E-state index contributed by atoms with van der Waals surface area (Å²) in [4.78, 5) is 4.64. The molecule has 0 spiro atoms. The van der Waals surface area contributed by atoms with Crippen molar-refractivity contribution in [3.8, 4) is 11.5 Å². The average molecular weight is 405 g/mol. The van der Waals surface area contributed by atoms with Gasteiger partial charge in [-0.1, -0.05) is 11.6 Å². The topological polar surface area (TPSA) is 45.2 Å². The van der Waals surface area contributed by atoms with Crippen molar-refractivity contribution in [3.05, 3.63) is 52.5 Å². The van der Waals surface area contributed by atoms with Crippen molar-refractivity contribution in [2.75, 3.05) is 51.3 Å². The maximum Gasteiger partial charge on any atom is 0.120 e. The van der Waals surface area contributed by atoms with Gasteiger partial charge >= 0.3 is 0 Å². The standard InChI is InChI=1S/C22H29ClN2O3/c1-16-12-21(13-17(2)22(16)23)28-15-19(26)14-24-8-10-25(11-9-24)18-4-6-20(27-3)7-5-18/h4-7,12-13,19,26H,8-11,14-15H2,1-3H3. The smallest absolute Gasteiger partial charge is 0.120 e. The number of hydrogen-bond acceptors (Lipinski definition) is 5. The molecule has 3 rings (SSSR count). The number of anilines is 1. The summed E-state index contributed by atoms with van der Waals surface area (Å²) in [5.74, 6) is 1.62. The number of piperazine rings is 1. The second-order valence-corrected chi connectivity index (χ2v) is 7.70. The van der Waals surface area contributed by atoms with Crippen LogP contribution in [0.3, 0.4) is 0 Å². The number of β-amino-alcohol motifs (C(OH)–C–C–N with tert-alkyl or cyclic N) is 1. The predicted molar refractivity (Wildman–Crippen MR) is 114 cm³/mol. The van der Waals surface area contributed by atoms with Crippen LogP contribution < -0.4 is 14.4 Å². The fourth-order valence-corrected chi connectivity index (χ4v) is 3.62. The highest BCUT2D eigenvalue weighted by Crippen LogP contribution is 2.26. The minimum atomic E-state index is -0.524. The summed E-state index contributed by atoms with van der Waals surface area (Å²) in [5, 5.41) is 11.1. The number of aliphatic hydroxyl groups excluding tert-OH is 1. The Bertz CT molecular complexity index is 751. The molecule has 2 aromatic carbocycles. The minimum Gasteiger partial charge on any atom is -0.497 e. The van der Waals surface area contributed by atoms with Crippen molar-refractivity contribution in [2.24, 2.45) is 0 Å². The lowest BCUT2D eigenvalue weighted by atomic mass is 10.1. The fourth-order valence-electron chi connectivity index (χ4n) is 3.51. The number of rotatable bonds is 7. The second kappa shape index (κ2) is 9.50. The van der Waals surface area contributed by atoms with E-state index in [-0.39, 0.29) is 6.61 Å². The number of benzene rings is 2. The zero-order chi connectivity index (χ0) is 20.1. The van der Waals surface area contributed by atoms with Crippen molar-refractivity contribution in [1.29, 1.82) is 0 Å². The maximum atomic E-state index is 10.4. The highest BCUT2D eigenvalue weighted by atomic mass is 35.5. The number of halogens is 1. The Kier molecular flexibility index (Phi) is 7.05. The fraction of sp³-hybridized carbons (Fsp3) is 0.455. The molecule has 0 amide bonds. The quantitative estimate of drug-likeness (QED) is 0.764. The Hall–Kier alpha value is -1.95. The largest absolute Gasteiger partial charge is 0.497 e. The lowest BCUT2D eigenvalue weighted by molar-refractivity contribution is 0.0663. The van der Waals surface area contributed by atoms with E-state index < -0.39 is 6.10 Å². The van der Waals surface area contributed by atoms with Gasteiger partial charge in [0, 0.05) is 43.4 Å². The van der Waals surface area contributed by atoms with Crippen LogP contribution in [-0.2, 0) is 0 Å². The molecule has 1 atom stereocenters. The predicted octanol–water partition coefficient (Wildman–Crippen LogP) is 3.53. The Morgan fingerprint density at radius 3 is 2.18 bits per heavy atom. The monoisotopic (exact) mass is 404 g/mol. The Morgan fingerprint density at radius 2 is 1.61 bits per heavy atom. The molecular formula is C22H29ClN2O3. The molecule has 0 aliphatic carbocycles. The van der Waals surface area contributed by atoms with Crippen LogP contribution in [0.5, 0.6) is 11.5 Å². The third kappa shape index (κ3) is 5.31. The molecule has 0 saturated carbocycles. The van der Waals surface area contributed by atoms with Crippen LogP contribution in [0, 0.1) is 13.8 Å². The first-order valence-electron chi connectivity index (χ1n) is 9.65. The Morgan fingerprint density at radius 1 is 1.00 bits per heavy atom. The lowest BCUT2D eigenvalue weighted by Crippen LogP contribution is -2.49. The summed E-state index contributed by atoms with van der Waals surface area (Å²) < 4.78 is 11.0. The number of ether oxygens (including phenoxy) is 2.